The number of nitrogens with one attached hydrogen (secondary N) is 1. The molecule has 120 valence electrons. The summed E-state index contributed by atoms with van der Waals surface area (Å²) in [6.07, 6.45) is 0.495. The molecule has 0 aliphatic heterocycles. The smallest absolute Gasteiger partial charge is 0.229 e. The highest BCUT2D eigenvalue weighted by Crippen LogP contribution is 2.63. The fourth-order valence-electron chi connectivity index (χ4n) is 2.68. The summed E-state index contributed by atoms with van der Waals surface area (Å²) in [5.74, 6) is -0.0952. The Balaban J connectivity index is 1.69. The van der Waals surface area contributed by atoms with Crippen molar-refractivity contribution < 1.29 is 4.79 Å². The van der Waals surface area contributed by atoms with E-state index in [1.165, 1.54) is 5.56 Å². The molecule has 3 rings (SSSR count). The van der Waals surface area contributed by atoms with Crippen molar-refractivity contribution in [1.82, 2.24) is 5.32 Å². The van der Waals surface area contributed by atoms with E-state index < -0.39 is 9.75 Å². The molecule has 2 aromatic carbocycles. The Kier molecular flexibility index (Phi) is 4.16. The van der Waals surface area contributed by atoms with Crippen molar-refractivity contribution in [3.05, 3.63) is 60.2 Å². The van der Waals surface area contributed by atoms with Gasteiger partial charge in [0.1, 0.15) is 4.33 Å². The maximum atomic E-state index is 12.3. The summed E-state index contributed by atoms with van der Waals surface area (Å²) in [5, 5.41) is 3.01. The molecule has 1 aliphatic carbocycles. The molecule has 0 heterocycles. The van der Waals surface area contributed by atoms with Crippen molar-refractivity contribution in [2.24, 2.45) is 5.41 Å². The number of carbonyl (C=O) groups is 1. The summed E-state index contributed by atoms with van der Waals surface area (Å²) in [5.41, 5.74) is 2.70. The van der Waals surface area contributed by atoms with Crippen molar-refractivity contribution in [1.29, 1.82) is 0 Å². The van der Waals surface area contributed by atoms with Crippen LogP contribution in [0, 0.1) is 5.41 Å². The first-order chi connectivity index (χ1) is 10.8. The Bertz CT molecular complexity index is 712. The molecule has 2 aromatic rings. The minimum absolute atomic E-state index is 0.0890. The summed E-state index contributed by atoms with van der Waals surface area (Å²) in [7, 11) is 0. The number of halogens is 2. The average molecular weight is 348 g/mol. The third kappa shape index (κ3) is 3.11. The fourth-order valence-corrected chi connectivity index (χ4v) is 3.39. The molecule has 1 fully saturated rings. The van der Waals surface area contributed by atoms with Gasteiger partial charge in [0.05, 0.1) is 11.5 Å². The van der Waals surface area contributed by atoms with Crippen LogP contribution in [0.25, 0.3) is 11.1 Å². The zero-order valence-electron chi connectivity index (χ0n) is 13.1. The highest BCUT2D eigenvalue weighted by Gasteiger charge is 2.67. The lowest BCUT2D eigenvalue weighted by molar-refractivity contribution is -0.126. The minimum atomic E-state index is -0.937. The van der Waals surface area contributed by atoms with E-state index in [0.717, 1.165) is 11.1 Å². The first-order valence-electron chi connectivity index (χ1n) is 7.68. The predicted octanol–water partition coefficient (Wildman–Crippen LogP) is 5.11. The van der Waals surface area contributed by atoms with Gasteiger partial charge < -0.3 is 5.32 Å². The Morgan fingerprint density at radius 3 is 2.09 bits per heavy atom. The Hall–Kier alpha value is -1.51. The second-order valence-corrected chi connectivity index (χ2v) is 7.88. The number of amides is 1. The van der Waals surface area contributed by atoms with Crippen LogP contribution in [0.2, 0.25) is 0 Å². The third-order valence-corrected chi connectivity index (χ3v) is 5.73. The second kappa shape index (κ2) is 5.85. The van der Waals surface area contributed by atoms with E-state index in [1.807, 2.05) is 37.3 Å². The molecule has 2 atom stereocenters. The molecule has 0 unspecified atom stereocenters. The molecule has 0 saturated heterocycles. The van der Waals surface area contributed by atoms with Crippen LogP contribution >= 0.6 is 23.2 Å². The molecule has 1 amide bonds. The minimum Gasteiger partial charge on any atom is -0.349 e. The van der Waals surface area contributed by atoms with Crippen LogP contribution in [-0.2, 0) is 4.79 Å². The van der Waals surface area contributed by atoms with Crippen LogP contribution in [0.1, 0.15) is 31.9 Å². The molecule has 0 radical (unpaired) electrons. The van der Waals surface area contributed by atoms with Gasteiger partial charge in [0.25, 0.3) is 0 Å². The van der Waals surface area contributed by atoms with Crippen molar-refractivity contribution >= 4 is 29.1 Å². The molecule has 1 N–H and O–H groups in total. The van der Waals surface area contributed by atoms with Gasteiger partial charge in [-0.2, -0.15) is 0 Å². The van der Waals surface area contributed by atoms with Gasteiger partial charge in [-0.15, -0.1) is 23.2 Å². The van der Waals surface area contributed by atoms with Crippen LogP contribution in [0.15, 0.2) is 54.6 Å². The number of hydrogen-bond donors (Lipinski definition) is 1. The van der Waals surface area contributed by atoms with Crippen molar-refractivity contribution in [3.63, 3.8) is 0 Å². The van der Waals surface area contributed by atoms with Gasteiger partial charge in [0.2, 0.25) is 5.91 Å². The third-order valence-electron chi connectivity index (χ3n) is 4.62. The van der Waals surface area contributed by atoms with Crippen molar-refractivity contribution in [3.8, 4) is 11.1 Å². The highest BCUT2D eigenvalue weighted by molar-refractivity contribution is 6.53. The lowest BCUT2D eigenvalue weighted by Crippen LogP contribution is -2.35. The van der Waals surface area contributed by atoms with Gasteiger partial charge in [-0.3, -0.25) is 4.79 Å². The standard InChI is InChI=1S/C19H19Cl2NO/c1-13(22-17(23)18(2)12-19(18,20)21)14-8-10-16(11-9-14)15-6-4-3-5-7-15/h3-11,13H,12H2,1-2H3,(H,22,23)/t13-,18+/m1/s1. The molecular weight excluding hydrogens is 329 g/mol. The van der Waals surface area contributed by atoms with E-state index >= 15 is 0 Å². The largest absolute Gasteiger partial charge is 0.349 e. The monoisotopic (exact) mass is 347 g/mol. The molecule has 0 spiro atoms. The SMILES string of the molecule is C[C@@H](NC(=O)[C@]1(C)CC1(Cl)Cl)c1ccc(-c2ccccc2)cc1. The van der Waals surface area contributed by atoms with Gasteiger partial charge in [0.15, 0.2) is 0 Å². The van der Waals surface area contributed by atoms with E-state index in [1.54, 1.807) is 6.92 Å². The maximum Gasteiger partial charge on any atom is 0.229 e. The van der Waals surface area contributed by atoms with Gasteiger partial charge in [0, 0.05) is 0 Å². The normalized spacial score (nSPS) is 23.1. The maximum absolute atomic E-state index is 12.3. The molecule has 2 nitrogen and oxygen atoms in total. The van der Waals surface area contributed by atoms with Gasteiger partial charge in [-0.05, 0) is 37.0 Å². The first-order valence-corrected chi connectivity index (χ1v) is 8.43. The van der Waals surface area contributed by atoms with E-state index in [-0.39, 0.29) is 11.9 Å². The van der Waals surface area contributed by atoms with Crippen LogP contribution in [0.3, 0.4) is 0 Å². The van der Waals surface area contributed by atoms with Crippen LogP contribution in [-0.4, -0.2) is 10.2 Å². The summed E-state index contributed by atoms with van der Waals surface area (Å²) >= 11 is 12.1. The molecule has 1 saturated carbocycles. The van der Waals surface area contributed by atoms with Gasteiger partial charge in [-0.1, -0.05) is 54.6 Å². The predicted molar refractivity (Wildman–Crippen MR) is 95.6 cm³/mol. The number of carbonyl (C=O) groups excluding carboxylic acids is 1. The Morgan fingerprint density at radius 2 is 1.57 bits per heavy atom. The van der Waals surface area contributed by atoms with Gasteiger partial charge in [-0.25, -0.2) is 0 Å². The first kappa shape index (κ1) is 16.4. The zero-order valence-corrected chi connectivity index (χ0v) is 14.7. The second-order valence-electron chi connectivity index (χ2n) is 6.40. The lowest BCUT2D eigenvalue weighted by Gasteiger charge is -2.19. The van der Waals surface area contributed by atoms with E-state index in [9.17, 15) is 4.79 Å². The summed E-state index contributed by atoms with van der Waals surface area (Å²) in [6, 6.07) is 18.3. The van der Waals surface area contributed by atoms with Crippen molar-refractivity contribution in [2.45, 2.75) is 30.6 Å². The number of alkyl halides is 2. The quantitative estimate of drug-likeness (QED) is 0.764. The molecule has 0 aromatic heterocycles. The average Bonchev–Trinajstić information content (AvgIpc) is 3.08. The highest BCUT2D eigenvalue weighted by atomic mass is 35.5. The van der Waals surface area contributed by atoms with Crippen molar-refractivity contribution in [2.75, 3.05) is 0 Å². The fraction of sp³-hybridized carbons (Fsp3) is 0.316. The summed E-state index contributed by atoms with van der Waals surface area (Å²) < 4.78 is -0.937. The van der Waals surface area contributed by atoms with Crippen LogP contribution in [0.4, 0.5) is 0 Å². The lowest BCUT2D eigenvalue weighted by atomic mass is 10.0. The van der Waals surface area contributed by atoms with E-state index in [4.69, 9.17) is 23.2 Å². The van der Waals surface area contributed by atoms with Gasteiger partial charge >= 0.3 is 0 Å². The summed E-state index contributed by atoms with van der Waals surface area (Å²) in [6.45, 7) is 3.76. The molecule has 4 heteroatoms. The molecule has 1 aliphatic rings. The Labute approximate surface area is 146 Å². The molecule has 23 heavy (non-hydrogen) atoms. The Morgan fingerprint density at radius 1 is 1.04 bits per heavy atom. The van der Waals surface area contributed by atoms with Crippen LogP contribution in [0.5, 0.6) is 0 Å². The number of benzene rings is 2. The summed E-state index contributed by atoms with van der Waals surface area (Å²) in [4.78, 5) is 12.3. The number of rotatable bonds is 4. The topological polar surface area (TPSA) is 29.1 Å². The van der Waals surface area contributed by atoms with E-state index in [0.29, 0.717) is 6.42 Å². The van der Waals surface area contributed by atoms with E-state index in [2.05, 4.69) is 29.6 Å². The molecule has 0 bridgehead atoms. The zero-order chi connectivity index (χ0) is 16.7. The number of hydrogen-bond acceptors (Lipinski definition) is 1. The van der Waals surface area contributed by atoms with Crippen LogP contribution < -0.4 is 5.32 Å². The molecular formula is C19H19Cl2NO.